The monoisotopic (exact) mass is 168 g/mol. The van der Waals surface area contributed by atoms with Gasteiger partial charge in [0.1, 0.15) is 5.76 Å². The van der Waals surface area contributed by atoms with Crippen molar-refractivity contribution in [2.45, 2.75) is 20.8 Å². The van der Waals surface area contributed by atoms with Crippen LogP contribution >= 0.6 is 0 Å². The molecule has 0 aliphatic rings. The van der Waals surface area contributed by atoms with E-state index in [9.17, 15) is 0 Å². The fourth-order valence-electron chi connectivity index (χ4n) is 0.238. The number of rotatable bonds is 2. The third-order valence-corrected chi connectivity index (χ3v) is 0.560. The minimum absolute atomic E-state index is 0.0630. The van der Waals surface area contributed by atoms with Crippen LogP contribution in [-0.4, -0.2) is 5.11 Å². The van der Waals surface area contributed by atoms with Gasteiger partial charge in [-0.3, -0.25) is 0 Å². The largest absolute Gasteiger partial charge is 0.509 e. The van der Waals surface area contributed by atoms with Crippen molar-refractivity contribution in [2.24, 2.45) is 0 Å². The molecule has 0 amide bonds. The van der Waals surface area contributed by atoms with Gasteiger partial charge in [-0.25, -0.2) is 0 Å². The molecule has 0 heterocycles. The minimum atomic E-state index is 0.0630. The Hall–Kier alpha value is -1.24. The Morgan fingerprint density at radius 2 is 1.42 bits per heavy atom. The Morgan fingerprint density at radius 3 is 1.50 bits per heavy atom. The minimum Gasteiger partial charge on any atom is -0.509 e. The molecule has 0 unspecified atom stereocenters. The second-order valence-electron chi connectivity index (χ2n) is 1.67. The van der Waals surface area contributed by atoms with E-state index >= 15 is 0 Å². The lowest BCUT2D eigenvalue weighted by Crippen LogP contribution is -1.67. The lowest BCUT2D eigenvalue weighted by Gasteiger charge is -1.83. The number of aliphatic hydroxyl groups is 1. The lowest BCUT2D eigenvalue weighted by atomic mass is 10.3. The van der Waals surface area contributed by atoms with Crippen LogP contribution in [0.4, 0.5) is 0 Å². The Balaban J connectivity index is -0.000000175. The highest BCUT2D eigenvalue weighted by atomic mass is 16.3. The maximum Gasteiger partial charge on any atom is 0.108 e. The van der Waals surface area contributed by atoms with Crippen molar-refractivity contribution in [3.8, 4) is 0 Å². The van der Waals surface area contributed by atoms with Crippen LogP contribution in [0.25, 0.3) is 0 Å². The van der Waals surface area contributed by atoms with Crippen molar-refractivity contribution in [3.63, 3.8) is 0 Å². The molecule has 0 radical (unpaired) electrons. The Kier molecular flexibility index (Phi) is 23.2. The summed E-state index contributed by atoms with van der Waals surface area (Å²) in [5.74, 6) is 0.0630. The van der Waals surface area contributed by atoms with E-state index < -0.39 is 0 Å². The molecule has 0 aromatic rings. The molecule has 0 aliphatic carbocycles. The zero-order valence-electron chi connectivity index (χ0n) is 8.43. The molecule has 0 saturated heterocycles. The molecule has 1 nitrogen and oxygen atoms in total. The molecular formula is C11H20O. The van der Waals surface area contributed by atoms with E-state index in [2.05, 4.69) is 26.3 Å². The predicted octanol–water partition coefficient (Wildman–Crippen LogP) is 4.02. The van der Waals surface area contributed by atoms with E-state index in [1.807, 2.05) is 20.8 Å². The molecule has 0 aromatic carbocycles. The van der Waals surface area contributed by atoms with Crippen LogP contribution in [-0.2, 0) is 0 Å². The third kappa shape index (κ3) is 37.3. The van der Waals surface area contributed by atoms with Gasteiger partial charge in [0, 0.05) is 0 Å². The lowest BCUT2D eigenvalue weighted by molar-refractivity contribution is 0.435. The molecule has 1 N–H and O–H groups in total. The topological polar surface area (TPSA) is 20.2 Å². The highest BCUT2D eigenvalue weighted by molar-refractivity contribution is 5.18. The zero-order valence-corrected chi connectivity index (χ0v) is 8.43. The van der Waals surface area contributed by atoms with Crippen LogP contribution in [0.5, 0.6) is 0 Å². The molecular weight excluding hydrogens is 148 g/mol. The maximum absolute atomic E-state index is 8.48. The number of hydrogen-bond donors (Lipinski definition) is 1. The van der Waals surface area contributed by atoms with E-state index in [-0.39, 0.29) is 5.76 Å². The Labute approximate surface area is 76.4 Å². The van der Waals surface area contributed by atoms with E-state index in [0.29, 0.717) is 0 Å². The summed E-state index contributed by atoms with van der Waals surface area (Å²) >= 11 is 0. The molecule has 0 saturated carbocycles. The van der Waals surface area contributed by atoms with Gasteiger partial charge in [0.15, 0.2) is 0 Å². The molecule has 70 valence electrons. The highest BCUT2D eigenvalue weighted by Gasteiger charge is 1.74. The van der Waals surface area contributed by atoms with Gasteiger partial charge < -0.3 is 5.11 Å². The van der Waals surface area contributed by atoms with Crippen LogP contribution < -0.4 is 0 Å². The predicted molar refractivity (Wildman–Crippen MR) is 58.3 cm³/mol. The van der Waals surface area contributed by atoms with Crippen molar-refractivity contribution in [1.82, 2.24) is 0 Å². The standard InChI is InChI=1S/C7H10O.C2H6.C2H4/c1-6(2)4-5-7(3)8;2*1-2/h4-5,8H,1,3H2,2H3;1-2H3;1-2H2/b5-4-;;. The first kappa shape index (κ1) is 17.0. The second-order valence-corrected chi connectivity index (χ2v) is 1.67. The maximum atomic E-state index is 8.48. The number of aliphatic hydroxyl groups excluding tert-OH is 1. The van der Waals surface area contributed by atoms with Crippen molar-refractivity contribution in [2.75, 3.05) is 0 Å². The fraction of sp³-hybridized carbons (Fsp3) is 0.273. The molecule has 0 fully saturated rings. The quantitative estimate of drug-likeness (QED) is 0.375. The average Bonchev–Trinajstić information content (AvgIpc) is 2.08. The summed E-state index contributed by atoms with van der Waals surface area (Å²) in [5.41, 5.74) is 0.903. The molecule has 0 rings (SSSR count). The van der Waals surface area contributed by atoms with Crippen molar-refractivity contribution < 1.29 is 5.11 Å². The van der Waals surface area contributed by atoms with Gasteiger partial charge in [-0.05, 0) is 13.0 Å². The van der Waals surface area contributed by atoms with E-state index in [1.165, 1.54) is 6.08 Å². The molecule has 0 atom stereocenters. The average molecular weight is 168 g/mol. The van der Waals surface area contributed by atoms with Gasteiger partial charge in [-0.15, -0.1) is 13.2 Å². The first-order valence-corrected chi connectivity index (χ1v) is 3.84. The van der Waals surface area contributed by atoms with Gasteiger partial charge >= 0.3 is 0 Å². The van der Waals surface area contributed by atoms with Crippen molar-refractivity contribution in [3.05, 3.63) is 49.8 Å². The molecule has 0 spiro atoms. The molecule has 12 heavy (non-hydrogen) atoms. The first-order valence-electron chi connectivity index (χ1n) is 3.84. The van der Waals surface area contributed by atoms with Gasteiger partial charge in [-0.1, -0.05) is 38.7 Å². The SMILES string of the molecule is C=C.C=C(C)/C=C\C(=C)O.CC. The number of hydrogen-bond acceptors (Lipinski definition) is 1. The summed E-state index contributed by atoms with van der Waals surface area (Å²) in [6, 6.07) is 0. The van der Waals surface area contributed by atoms with Crippen LogP contribution in [0.1, 0.15) is 20.8 Å². The summed E-state index contributed by atoms with van der Waals surface area (Å²) in [6.07, 6.45) is 3.20. The van der Waals surface area contributed by atoms with Crippen molar-refractivity contribution >= 4 is 0 Å². The normalized spacial score (nSPS) is 7.25. The third-order valence-electron chi connectivity index (χ3n) is 0.560. The Bertz CT molecular complexity index is 127. The Morgan fingerprint density at radius 1 is 1.08 bits per heavy atom. The van der Waals surface area contributed by atoms with Gasteiger partial charge in [0.2, 0.25) is 0 Å². The molecule has 0 bridgehead atoms. The fourth-order valence-corrected chi connectivity index (χ4v) is 0.238. The van der Waals surface area contributed by atoms with Crippen LogP contribution in [0.15, 0.2) is 49.8 Å². The summed E-state index contributed by atoms with van der Waals surface area (Å²) in [5, 5.41) is 8.48. The molecule has 0 aromatic heterocycles. The second kappa shape index (κ2) is 16.4. The smallest absolute Gasteiger partial charge is 0.108 e. The zero-order chi connectivity index (χ0) is 10.6. The van der Waals surface area contributed by atoms with Crippen LogP contribution in [0.3, 0.4) is 0 Å². The first-order chi connectivity index (χ1) is 5.63. The molecule has 1 heteroatoms. The van der Waals surface area contributed by atoms with E-state index in [4.69, 9.17) is 5.11 Å². The summed E-state index contributed by atoms with van der Waals surface area (Å²) in [4.78, 5) is 0. The van der Waals surface area contributed by atoms with E-state index in [1.54, 1.807) is 6.08 Å². The van der Waals surface area contributed by atoms with Gasteiger partial charge in [-0.2, -0.15) is 0 Å². The molecule has 0 aliphatic heterocycles. The van der Waals surface area contributed by atoms with Crippen LogP contribution in [0.2, 0.25) is 0 Å². The summed E-state index contributed by atoms with van der Waals surface area (Å²) in [7, 11) is 0. The summed E-state index contributed by atoms with van der Waals surface area (Å²) < 4.78 is 0. The van der Waals surface area contributed by atoms with E-state index in [0.717, 1.165) is 5.57 Å². The van der Waals surface area contributed by atoms with Crippen LogP contribution in [0, 0.1) is 0 Å². The summed E-state index contributed by atoms with van der Waals surface area (Å²) in [6.45, 7) is 18.7. The van der Waals surface area contributed by atoms with Gasteiger partial charge in [0.05, 0.1) is 0 Å². The highest BCUT2D eigenvalue weighted by Crippen LogP contribution is 1.91. The van der Waals surface area contributed by atoms with Crippen molar-refractivity contribution in [1.29, 1.82) is 0 Å². The number of allylic oxidation sites excluding steroid dienone is 3. The van der Waals surface area contributed by atoms with Gasteiger partial charge in [0.25, 0.3) is 0 Å².